The highest BCUT2D eigenvalue weighted by molar-refractivity contribution is 5.69. The number of hydrogen-bond acceptors (Lipinski definition) is 4. The van der Waals surface area contributed by atoms with E-state index in [-0.39, 0.29) is 24.0 Å². The van der Waals surface area contributed by atoms with E-state index in [1.807, 2.05) is 0 Å². The fourth-order valence-electron chi connectivity index (χ4n) is 1.62. The van der Waals surface area contributed by atoms with Crippen LogP contribution in [0.3, 0.4) is 0 Å². The second kappa shape index (κ2) is 8.35. The maximum absolute atomic E-state index is 13.4. The van der Waals surface area contributed by atoms with Crippen LogP contribution in [0.4, 0.5) is 14.5 Å². The molecule has 0 unspecified atom stereocenters. The van der Waals surface area contributed by atoms with Gasteiger partial charge in [0.05, 0.1) is 18.9 Å². The number of carbonyl (C=O) groups excluding carboxylic acids is 1. The minimum Gasteiger partial charge on any atom is -0.490 e. The fraction of sp³-hybridized carbons (Fsp3) is 0.500. The topological polar surface area (TPSA) is 61.5 Å². The van der Waals surface area contributed by atoms with Gasteiger partial charge in [-0.05, 0) is 26.2 Å². The molecular weight excluding hydrogens is 268 g/mol. The number of nitrogens with two attached hydrogens (primary N) is 1. The number of esters is 1. The zero-order chi connectivity index (χ0) is 15.0. The van der Waals surface area contributed by atoms with Gasteiger partial charge in [-0.3, -0.25) is 4.79 Å². The van der Waals surface area contributed by atoms with Crippen molar-refractivity contribution >= 4 is 11.7 Å². The summed E-state index contributed by atoms with van der Waals surface area (Å²) in [5, 5.41) is 0. The second-order valence-corrected chi connectivity index (χ2v) is 4.27. The number of anilines is 1. The highest BCUT2D eigenvalue weighted by Crippen LogP contribution is 2.23. The van der Waals surface area contributed by atoms with Gasteiger partial charge in [0.2, 0.25) is 0 Å². The van der Waals surface area contributed by atoms with Crippen LogP contribution < -0.4 is 10.5 Å². The van der Waals surface area contributed by atoms with Crippen LogP contribution >= 0.6 is 0 Å². The number of nitrogen functional groups attached to an aromatic ring is 1. The lowest BCUT2D eigenvalue weighted by Crippen LogP contribution is -2.04. The van der Waals surface area contributed by atoms with E-state index in [9.17, 15) is 13.6 Å². The normalized spacial score (nSPS) is 10.3. The zero-order valence-corrected chi connectivity index (χ0v) is 11.5. The first-order chi connectivity index (χ1) is 9.54. The summed E-state index contributed by atoms with van der Waals surface area (Å²) < 4.78 is 36.4. The Hall–Kier alpha value is -1.85. The third-order valence-corrected chi connectivity index (χ3v) is 2.64. The van der Waals surface area contributed by atoms with Crippen LogP contribution in [0.5, 0.6) is 5.75 Å². The van der Waals surface area contributed by atoms with Crippen molar-refractivity contribution in [3.05, 3.63) is 23.8 Å². The summed E-state index contributed by atoms with van der Waals surface area (Å²) in [6.07, 6.45) is 2.43. The Kier molecular flexibility index (Phi) is 6.76. The van der Waals surface area contributed by atoms with Crippen molar-refractivity contribution in [1.82, 2.24) is 0 Å². The van der Waals surface area contributed by atoms with Crippen LogP contribution in [0.25, 0.3) is 0 Å². The average molecular weight is 287 g/mol. The molecule has 0 heterocycles. The van der Waals surface area contributed by atoms with E-state index in [1.54, 1.807) is 6.92 Å². The Morgan fingerprint density at radius 3 is 2.65 bits per heavy atom. The lowest BCUT2D eigenvalue weighted by Gasteiger charge is -2.08. The van der Waals surface area contributed by atoms with Crippen molar-refractivity contribution in [2.24, 2.45) is 0 Å². The number of benzene rings is 1. The van der Waals surface area contributed by atoms with Gasteiger partial charge in [0.1, 0.15) is 5.82 Å². The molecule has 0 radical (unpaired) electrons. The predicted octanol–water partition coefficient (Wildman–Crippen LogP) is 3.05. The largest absolute Gasteiger partial charge is 0.490 e. The molecule has 0 amide bonds. The first kappa shape index (κ1) is 16.2. The second-order valence-electron chi connectivity index (χ2n) is 4.27. The zero-order valence-electron chi connectivity index (χ0n) is 11.5. The Morgan fingerprint density at radius 1 is 1.20 bits per heavy atom. The Bertz CT molecular complexity index is 452. The number of hydrogen-bond donors (Lipinski definition) is 1. The summed E-state index contributed by atoms with van der Waals surface area (Å²) >= 11 is 0. The summed E-state index contributed by atoms with van der Waals surface area (Å²) in [4.78, 5) is 11.1. The molecule has 0 atom stereocenters. The molecule has 0 aliphatic carbocycles. The number of ether oxygens (including phenoxy) is 2. The number of carbonyl (C=O) groups is 1. The van der Waals surface area contributed by atoms with Gasteiger partial charge in [-0.2, -0.15) is 0 Å². The maximum Gasteiger partial charge on any atom is 0.305 e. The van der Waals surface area contributed by atoms with Crippen LogP contribution in [0, 0.1) is 11.6 Å². The third-order valence-electron chi connectivity index (χ3n) is 2.64. The Balaban J connectivity index is 2.22. The van der Waals surface area contributed by atoms with Gasteiger partial charge < -0.3 is 15.2 Å². The summed E-state index contributed by atoms with van der Waals surface area (Å²) in [6.45, 7) is 2.39. The van der Waals surface area contributed by atoms with Crippen molar-refractivity contribution in [2.45, 2.75) is 32.6 Å². The molecule has 4 nitrogen and oxygen atoms in total. The summed E-state index contributed by atoms with van der Waals surface area (Å²) in [5.41, 5.74) is 4.98. The molecule has 0 aromatic heterocycles. The smallest absolute Gasteiger partial charge is 0.305 e. The molecule has 0 saturated heterocycles. The summed E-state index contributed by atoms with van der Waals surface area (Å²) in [5.74, 6) is -1.76. The van der Waals surface area contributed by atoms with Crippen molar-refractivity contribution < 1.29 is 23.0 Å². The molecule has 112 valence electrons. The lowest BCUT2D eigenvalue weighted by atomic mass is 10.2. The number of unbranched alkanes of at least 4 members (excludes halogenated alkanes) is 2. The van der Waals surface area contributed by atoms with Crippen molar-refractivity contribution in [1.29, 1.82) is 0 Å². The molecular formula is C14H19F2NO3. The minimum absolute atomic E-state index is 0.151. The first-order valence-electron chi connectivity index (χ1n) is 6.57. The van der Waals surface area contributed by atoms with E-state index < -0.39 is 11.6 Å². The van der Waals surface area contributed by atoms with E-state index in [0.29, 0.717) is 25.9 Å². The molecule has 1 aromatic rings. The van der Waals surface area contributed by atoms with Crippen LogP contribution in [-0.4, -0.2) is 19.2 Å². The predicted molar refractivity (Wildman–Crippen MR) is 71.4 cm³/mol. The van der Waals surface area contributed by atoms with Gasteiger partial charge >= 0.3 is 5.97 Å². The fourth-order valence-corrected chi connectivity index (χ4v) is 1.62. The van der Waals surface area contributed by atoms with E-state index in [4.69, 9.17) is 15.2 Å². The van der Waals surface area contributed by atoms with Gasteiger partial charge in [0, 0.05) is 18.6 Å². The first-order valence-corrected chi connectivity index (χ1v) is 6.57. The molecule has 20 heavy (non-hydrogen) atoms. The highest BCUT2D eigenvalue weighted by atomic mass is 19.1. The minimum atomic E-state index is -0.705. The Morgan fingerprint density at radius 2 is 1.95 bits per heavy atom. The molecule has 2 N–H and O–H groups in total. The van der Waals surface area contributed by atoms with Crippen molar-refractivity contribution in [3.63, 3.8) is 0 Å². The van der Waals surface area contributed by atoms with Crippen LogP contribution in [0.2, 0.25) is 0 Å². The Labute approximate surface area is 116 Å². The third kappa shape index (κ3) is 5.42. The van der Waals surface area contributed by atoms with Crippen LogP contribution in [0.1, 0.15) is 32.6 Å². The highest BCUT2D eigenvalue weighted by Gasteiger charge is 2.08. The van der Waals surface area contributed by atoms with Crippen molar-refractivity contribution in [3.8, 4) is 5.75 Å². The molecule has 1 rings (SSSR count). The molecule has 0 bridgehead atoms. The van der Waals surface area contributed by atoms with E-state index in [0.717, 1.165) is 18.6 Å². The molecule has 0 aliphatic heterocycles. The number of rotatable bonds is 8. The number of halogens is 2. The van der Waals surface area contributed by atoms with Crippen LogP contribution in [0.15, 0.2) is 12.1 Å². The molecule has 0 aliphatic rings. The van der Waals surface area contributed by atoms with Gasteiger partial charge in [-0.1, -0.05) is 0 Å². The summed E-state index contributed by atoms with van der Waals surface area (Å²) in [6, 6.07) is 1.83. The van der Waals surface area contributed by atoms with E-state index in [1.165, 1.54) is 0 Å². The van der Waals surface area contributed by atoms with Gasteiger partial charge in [-0.25, -0.2) is 8.78 Å². The quantitative estimate of drug-likeness (QED) is 0.453. The van der Waals surface area contributed by atoms with Crippen molar-refractivity contribution in [2.75, 3.05) is 18.9 Å². The van der Waals surface area contributed by atoms with Gasteiger partial charge in [0.25, 0.3) is 0 Å². The van der Waals surface area contributed by atoms with E-state index >= 15 is 0 Å². The monoisotopic (exact) mass is 287 g/mol. The summed E-state index contributed by atoms with van der Waals surface area (Å²) in [7, 11) is 0. The standard InChI is InChI=1S/C14H19F2NO3/c1-2-19-14(18)6-4-3-5-7-20-13-9-10(15)12(17)8-11(13)16/h8-9H,2-7,17H2,1H3. The molecule has 0 fully saturated rings. The molecule has 1 aromatic carbocycles. The van der Waals surface area contributed by atoms with Gasteiger partial charge in [-0.15, -0.1) is 0 Å². The molecule has 0 saturated carbocycles. The van der Waals surface area contributed by atoms with Gasteiger partial charge in [0.15, 0.2) is 11.6 Å². The lowest BCUT2D eigenvalue weighted by molar-refractivity contribution is -0.143. The average Bonchev–Trinajstić information content (AvgIpc) is 2.39. The van der Waals surface area contributed by atoms with E-state index in [2.05, 4.69) is 0 Å². The molecule has 0 spiro atoms. The maximum atomic E-state index is 13.4. The van der Waals surface area contributed by atoms with Crippen LogP contribution in [-0.2, 0) is 9.53 Å². The SMILES string of the molecule is CCOC(=O)CCCCCOc1cc(F)c(N)cc1F. The molecule has 6 heteroatoms.